The molecule has 3 aromatic heterocycles. The lowest BCUT2D eigenvalue weighted by Gasteiger charge is -2.31. The Balaban J connectivity index is 0.000000150. The van der Waals surface area contributed by atoms with Crippen molar-refractivity contribution in [1.29, 1.82) is 0 Å². The second-order valence-electron chi connectivity index (χ2n) is 14.1. The Morgan fingerprint density at radius 1 is 0.638 bits per heavy atom. The van der Waals surface area contributed by atoms with Gasteiger partial charge in [0.05, 0.1) is 29.4 Å². The highest BCUT2D eigenvalue weighted by Gasteiger charge is 2.20. The van der Waals surface area contributed by atoms with Gasteiger partial charge in [-0.3, -0.25) is 9.59 Å². The van der Waals surface area contributed by atoms with E-state index in [0.29, 0.717) is 11.4 Å². The summed E-state index contributed by atoms with van der Waals surface area (Å²) in [6, 6.07) is 30.4. The maximum absolute atomic E-state index is 12.9. The number of thiazole rings is 2. The second-order valence-corrected chi connectivity index (χ2v) is 16.8. The molecule has 294 valence electrons. The van der Waals surface area contributed by atoms with Crippen LogP contribution in [0.5, 0.6) is 5.75 Å². The van der Waals surface area contributed by atoms with E-state index in [1.807, 2.05) is 59.3 Å². The molecule has 7 aromatic rings. The first-order valence-electron chi connectivity index (χ1n) is 19.4. The van der Waals surface area contributed by atoms with Crippen molar-refractivity contribution in [3.8, 4) is 26.9 Å². The van der Waals surface area contributed by atoms with Gasteiger partial charge in [-0.05, 0) is 77.0 Å². The third-order valence-corrected chi connectivity index (χ3v) is 13.0. The number of piperazine rings is 2. The maximum atomic E-state index is 12.9. The SMILES string of the molecule is O=C(Nc1ccccc1N1CCNCC1)c1csc(-c2ccc3c(c2)CCO3)n1.O=C(Nc1ccccc1N1CCNCC1)c1csc(-c2ccc3sccc3c2)n1. The van der Waals surface area contributed by atoms with Crippen molar-refractivity contribution in [2.24, 2.45) is 0 Å². The van der Waals surface area contributed by atoms with Gasteiger partial charge in [-0.2, -0.15) is 0 Å². The summed E-state index contributed by atoms with van der Waals surface area (Å²) in [6.07, 6.45) is 0.921. The summed E-state index contributed by atoms with van der Waals surface area (Å²) in [6.45, 7) is 8.24. The molecule has 0 radical (unpaired) electrons. The van der Waals surface area contributed by atoms with Crippen LogP contribution in [-0.2, 0) is 6.42 Å². The number of anilines is 4. The van der Waals surface area contributed by atoms with E-state index in [4.69, 9.17) is 4.74 Å². The third kappa shape index (κ3) is 8.47. The van der Waals surface area contributed by atoms with Crippen molar-refractivity contribution in [3.63, 3.8) is 0 Å². The van der Waals surface area contributed by atoms with E-state index in [2.05, 4.69) is 88.9 Å². The van der Waals surface area contributed by atoms with Gasteiger partial charge in [-0.15, -0.1) is 34.0 Å². The van der Waals surface area contributed by atoms with Gasteiger partial charge in [0.1, 0.15) is 27.2 Å². The van der Waals surface area contributed by atoms with Crippen molar-refractivity contribution in [3.05, 3.63) is 124 Å². The van der Waals surface area contributed by atoms with Crippen molar-refractivity contribution < 1.29 is 14.3 Å². The topological polar surface area (TPSA) is 124 Å². The fraction of sp³-hybridized carbons (Fsp3) is 0.227. The standard InChI is InChI=1S/C22H22N4O2S.C22H20N4OS2/c2*27-21(24-17-3-1-2-4-19(17)26-10-8-23-9-11-26)18-14-29-22(25-18)16-5-6-20-15(13-16)7-12-28-20/h1-6,13-14,23H,7-12H2,(H,24,27);1-7,12-14,23H,8-11H2,(H,24,27). The van der Waals surface area contributed by atoms with Gasteiger partial charge in [-0.1, -0.05) is 30.3 Å². The molecule has 0 saturated carbocycles. The van der Waals surface area contributed by atoms with Gasteiger partial charge in [0.25, 0.3) is 11.8 Å². The predicted molar refractivity (Wildman–Crippen MR) is 239 cm³/mol. The van der Waals surface area contributed by atoms with E-state index in [9.17, 15) is 9.59 Å². The molecule has 0 bridgehead atoms. The molecule has 11 nitrogen and oxygen atoms in total. The summed E-state index contributed by atoms with van der Waals surface area (Å²) in [5.74, 6) is 0.596. The highest BCUT2D eigenvalue weighted by atomic mass is 32.1. The molecule has 4 N–H and O–H groups in total. The number of hydrogen-bond acceptors (Lipinski definition) is 12. The van der Waals surface area contributed by atoms with Gasteiger partial charge in [0.15, 0.2) is 0 Å². The van der Waals surface area contributed by atoms with Gasteiger partial charge >= 0.3 is 0 Å². The van der Waals surface area contributed by atoms with Crippen molar-refractivity contribution in [2.75, 3.05) is 79.4 Å². The second kappa shape index (κ2) is 17.5. The van der Waals surface area contributed by atoms with Crippen molar-refractivity contribution in [2.45, 2.75) is 6.42 Å². The molecule has 0 atom stereocenters. The Bertz CT molecular complexity index is 2550. The first kappa shape index (κ1) is 37.9. The number of carbonyl (C=O) groups excluding carboxylic acids is 2. The van der Waals surface area contributed by atoms with Crippen LogP contribution >= 0.6 is 34.0 Å². The van der Waals surface area contributed by atoms with Crippen LogP contribution in [0.1, 0.15) is 26.5 Å². The molecule has 4 aromatic carbocycles. The highest BCUT2D eigenvalue weighted by molar-refractivity contribution is 7.17. The van der Waals surface area contributed by atoms with E-state index < -0.39 is 0 Å². The van der Waals surface area contributed by atoms with E-state index in [1.165, 1.54) is 38.3 Å². The number of ether oxygens (including phenoxy) is 1. The molecule has 3 aliphatic rings. The van der Waals surface area contributed by atoms with Crippen LogP contribution in [0.2, 0.25) is 0 Å². The average molecular weight is 827 g/mol. The summed E-state index contributed by atoms with van der Waals surface area (Å²) in [5, 5.41) is 21.5. The molecule has 2 saturated heterocycles. The molecule has 6 heterocycles. The molecule has 0 spiro atoms. The molecule has 58 heavy (non-hydrogen) atoms. The number of fused-ring (bicyclic) bond motifs is 2. The first-order valence-corrected chi connectivity index (χ1v) is 22.1. The lowest BCUT2D eigenvalue weighted by molar-refractivity contribution is 0.101. The number of thiophene rings is 1. The molecule has 10 rings (SSSR count). The number of carbonyl (C=O) groups is 2. The first-order chi connectivity index (χ1) is 28.6. The number of rotatable bonds is 8. The Labute approximate surface area is 348 Å². The lowest BCUT2D eigenvalue weighted by atomic mass is 10.1. The average Bonchev–Trinajstić information content (AvgIpc) is 4.12. The molecular weight excluding hydrogens is 785 g/mol. The van der Waals surface area contributed by atoms with Gasteiger partial charge < -0.3 is 35.8 Å². The molecule has 3 aliphatic heterocycles. The minimum Gasteiger partial charge on any atom is -0.493 e. The van der Waals surface area contributed by atoms with Crippen LogP contribution in [0, 0.1) is 0 Å². The van der Waals surface area contributed by atoms with E-state index in [1.54, 1.807) is 11.3 Å². The number of benzene rings is 4. The summed E-state index contributed by atoms with van der Waals surface area (Å²) in [5.41, 5.74) is 7.92. The number of aromatic nitrogens is 2. The van der Waals surface area contributed by atoms with Crippen molar-refractivity contribution >= 4 is 78.7 Å². The van der Waals surface area contributed by atoms with E-state index in [0.717, 1.165) is 115 Å². The largest absolute Gasteiger partial charge is 0.493 e. The zero-order valence-electron chi connectivity index (χ0n) is 31.7. The predicted octanol–water partition coefficient (Wildman–Crippen LogP) is 8.09. The van der Waals surface area contributed by atoms with Crippen molar-refractivity contribution in [1.82, 2.24) is 20.6 Å². The monoisotopic (exact) mass is 826 g/mol. The Morgan fingerprint density at radius 3 is 1.79 bits per heavy atom. The number of hydrogen-bond donors (Lipinski definition) is 4. The smallest absolute Gasteiger partial charge is 0.275 e. The minimum atomic E-state index is -0.181. The Kier molecular flexibility index (Phi) is 11.4. The molecule has 14 heteroatoms. The number of nitrogens with one attached hydrogen (secondary N) is 4. The zero-order chi connectivity index (χ0) is 39.3. The van der Waals surface area contributed by atoms with Gasteiger partial charge in [0, 0.05) is 85.4 Å². The lowest BCUT2D eigenvalue weighted by Crippen LogP contribution is -2.43. The van der Waals surface area contributed by atoms with Crippen LogP contribution in [-0.4, -0.2) is 80.7 Å². The third-order valence-electron chi connectivity index (χ3n) is 10.3. The summed E-state index contributed by atoms with van der Waals surface area (Å²) in [7, 11) is 0. The normalized spacial score (nSPS) is 15.0. The number of amides is 2. The minimum absolute atomic E-state index is 0.174. The van der Waals surface area contributed by atoms with Crippen LogP contribution < -0.4 is 35.8 Å². The molecular formula is C44H42N8O3S3. The fourth-order valence-electron chi connectivity index (χ4n) is 7.33. The molecule has 2 fully saturated rings. The fourth-order valence-corrected chi connectivity index (χ4v) is 9.70. The van der Waals surface area contributed by atoms with Crippen LogP contribution in [0.25, 0.3) is 31.2 Å². The quantitative estimate of drug-likeness (QED) is 0.120. The number of para-hydroxylation sites is 4. The summed E-state index contributed by atoms with van der Waals surface area (Å²) in [4.78, 5) is 39.5. The molecule has 0 unspecified atom stereocenters. The maximum Gasteiger partial charge on any atom is 0.275 e. The summed E-state index contributed by atoms with van der Waals surface area (Å²) >= 11 is 4.71. The van der Waals surface area contributed by atoms with Crippen LogP contribution in [0.4, 0.5) is 22.7 Å². The zero-order valence-corrected chi connectivity index (χ0v) is 34.2. The van der Waals surface area contributed by atoms with E-state index in [-0.39, 0.29) is 11.8 Å². The van der Waals surface area contributed by atoms with Gasteiger partial charge in [0.2, 0.25) is 0 Å². The molecule has 2 amide bonds. The Morgan fingerprint density at radius 2 is 1.19 bits per heavy atom. The Hall–Kier alpha value is -5.64. The van der Waals surface area contributed by atoms with E-state index >= 15 is 0 Å². The van der Waals surface area contributed by atoms with Crippen LogP contribution in [0.15, 0.2) is 107 Å². The highest BCUT2D eigenvalue weighted by Crippen LogP contribution is 2.34. The summed E-state index contributed by atoms with van der Waals surface area (Å²) < 4.78 is 6.83. The number of nitrogens with zero attached hydrogens (tertiary/aromatic N) is 4. The van der Waals surface area contributed by atoms with Crippen LogP contribution in [0.3, 0.4) is 0 Å². The van der Waals surface area contributed by atoms with Gasteiger partial charge in [-0.25, -0.2) is 9.97 Å². The molecule has 0 aliphatic carbocycles.